The molecule has 1 unspecified atom stereocenters. The molecule has 3 aromatic rings. The van der Waals surface area contributed by atoms with Crippen molar-refractivity contribution >= 4 is 11.6 Å². The van der Waals surface area contributed by atoms with Gasteiger partial charge in [-0.05, 0) is 48.4 Å². The SMILES string of the molecule is COc1ccccc1[C@H](C)C(C)CNc1cc(-c2ccc(NCC3(O)CC3)nc2)ncn1. The van der Waals surface area contributed by atoms with Gasteiger partial charge in [-0.1, -0.05) is 32.0 Å². The van der Waals surface area contributed by atoms with Crippen LogP contribution < -0.4 is 15.4 Å². The Balaban J connectivity index is 1.36. The first-order valence-electron chi connectivity index (χ1n) is 11.1. The van der Waals surface area contributed by atoms with Gasteiger partial charge in [0.15, 0.2) is 0 Å². The molecule has 0 aliphatic heterocycles. The molecule has 0 radical (unpaired) electrons. The number of rotatable bonds is 10. The van der Waals surface area contributed by atoms with E-state index >= 15 is 0 Å². The molecule has 2 atom stereocenters. The number of hydrogen-bond acceptors (Lipinski definition) is 7. The Labute approximate surface area is 189 Å². The summed E-state index contributed by atoms with van der Waals surface area (Å²) in [6.45, 7) is 5.75. The molecule has 32 heavy (non-hydrogen) atoms. The lowest BCUT2D eigenvalue weighted by atomic mass is 9.88. The van der Waals surface area contributed by atoms with Gasteiger partial charge in [0, 0.05) is 30.9 Å². The van der Waals surface area contributed by atoms with Crippen molar-refractivity contribution in [3.63, 3.8) is 0 Å². The van der Waals surface area contributed by atoms with Gasteiger partial charge < -0.3 is 20.5 Å². The molecule has 7 heteroatoms. The first-order valence-corrected chi connectivity index (χ1v) is 11.1. The van der Waals surface area contributed by atoms with Crippen molar-refractivity contribution in [2.24, 2.45) is 5.92 Å². The molecule has 0 bridgehead atoms. The normalized spacial score (nSPS) is 16.1. The molecule has 4 rings (SSSR count). The van der Waals surface area contributed by atoms with E-state index in [1.807, 2.05) is 36.4 Å². The number of anilines is 2. The summed E-state index contributed by atoms with van der Waals surface area (Å²) in [6.07, 6.45) is 5.06. The lowest BCUT2D eigenvalue weighted by Gasteiger charge is -2.23. The molecule has 2 aromatic heterocycles. The maximum Gasteiger partial charge on any atom is 0.129 e. The van der Waals surface area contributed by atoms with Crippen molar-refractivity contribution in [2.75, 3.05) is 30.8 Å². The molecule has 0 saturated heterocycles. The Bertz CT molecular complexity index is 1040. The van der Waals surface area contributed by atoms with Crippen molar-refractivity contribution in [3.8, 4) is 17.0 Å². The molecule has 2 heterocycles. The minimum Gasteiger partial charge on any atom is -0.496 e. The topological polar surface area (TPSA) is 92.2 Å². The number of hydrogen-bond donors (Lipinski definition) is 3. The van der Waals surface area contributed by atoms with Crippen molar-refractivity contribution in [1.82, 2.24) is 15.0 Å². The van der Waals surface area contributed by atoms with Gasteiger partial charge >= 0.3 is 0 Å². The highest BCUT2D eigenvalue weighted by molar-refractivity contribution is 5.62. The Morgan fingerprint density at radius 3 is 2.56 bits per heavy atom. The molecular formula is C25H31N5O2. The Morgan fingerprint density at radius 2 is 1.84 bits per heavy atom. The van der Waals surface area contributed by atoms with Crippen molar-refractivity contribution in [3.05, 3.63) is 60.6 Å². The summed E-state index contributed by atoms with van der Waals surface area (Å²) in [5, 5.41) is 16.6. The third-order valence-electron chi connectivity index (χ3n) is 6.24. The molecule has 1 aliphatic rings. The lowest BCUT2D eigenvalue weighted by molar-refractivity contribution is 0.164. The highest BCUT2D eigenvalue weighted by atomic mass is 16.5. The van der Waals surface area contributed by atoms with Gasteiger partial charge in [-0.25, -0.2) is 15.0 Å². The molecule has 7 nitrogen and oxygen atoms in total. The predicted molar refractivity (Wildman–Crippen MR) is 127 cm³/mol. The Morgan fingerprint density at radius 1 is 1.03 bits per heavy atom. The molecule has 1 aliphatic carbocycles. The number of ether oxygens (including phenoxy) is 1. The van der Waals surface area contributed by atoms with Crippen LogP contribution in [0.2, 0.25) is 0 Å². The maximum atomic E-state index is 9.95. The minimum absolute atomic E-state index is 0.331. The number of pyridine rings is 1. The smallest absolute Gasteiger partial charge is 0.129 e. The summed E-state index contributed by atoms with van der Waals surface area (Å²) in [7, 11) is 1.71. The summed E-state index contributed by atoms with van der Waals surface area (Å²) in [5.41, 5.74) is 2.39. The van der Waals surface area contributed by atoms with Crippen LogP contribution in [-0.4, -0.2) is 45.9 Å². The highest BCUT2D eigenvalue weighted by Gasteiger charge is 2.39. The van der Waals surface area contributed by atoms with E-state index in [4.69, 9.17) is 4.74 Å². The number of para-hydroxylation sites is 1. The predicted octanol–water partition coefficient (Wildman–Crippen LogP) is 4.34. The summed E-state index contributed by atoms with van der Waals surface area (Å²) >= 11 is 0. The van der Waals surface area contributed by atoms with E-state index in [0.717, 1.165) is 48.0 Å². The van der Waals surface area contributed by atoms with Crippen LogP contribution in [0.4, 0.5) is 11.6 Å². The van der Waals surface area contributed by atoms with E-state index in [2.05, 4.69) is 45.5 Å². The van der Waals surface area contributed by atoms with Crippen LogP contribution in [0.25, 0.3) is 11.3 Å². The van der Waals surface area contributed by atoms with Crippen LogP contribution in [0.3, 0.4) is 0 Å². The lowest BCUT2D eigenvalue weighted by Crippen LogP contribution is -2.20. The standard InChI is InChI=1S/C25H31N5O2/c1-17(18(2)20-6-4-5-7-22(20)32-3)13-26-24-12-21(29-16-30-24)19-8-9-23(27-14-19)28-15-25(31)10-11-25/h4-9,12,14,16-18,31H,10-11,13,15H2,1-3H3,(H,27,28)(H,26,29,30)/t17?,18-/m1/s1. The first-order chi connectivity index (χ1) is 15.5. The van der Waals surface area contributed by atoms with Crippen LogP contribution in [0, 0.1) is 5.92 Å². The van der Waals surface area contributed by atoms with Crippen molar-refractivity contribution < 1.29 is 9.84 Å². The third kappa shape index (κ3) is 5.34. The van der Waals surface area contributed by atoms with Gasteiger partial charge in [0.1, 0.15) is 23.7 Å². The zero-order valence-corrected chi connectivity index (χ0v) is 18.9. The van der Waals surface area contributed by atoms with E-state index in [-0.39, 0.29) is 0 Å². The molecule has 3 N–H and O–H groups in total. The van der Waals surface area contributed by atoms with E-state index < -0.39 is 5.60 Å². The number of benzene rings is 1. The quantitative estimate of drug-likeness (QED) is 0.438. The van der Waals surface area contributed by atoms with E-state index in [1.165, 1.54) is 5.56 Å². The molecule has 0 amide bonds. The summed E-state index contributed by atoms with van der Waals surface area (Å²) in [4.78, 5) is 13.2. The number of aliphatic hydroxyl groups is 1. The average Bonchev–Trinajstić information content (AvgIpc) is 3.58. The van der Waals surface area contributed by atoms with E-state index in [9.17, 15) is 5.11 Å². The molecule has 1 aromatic carbocycles. The van der Waals surface area contributed by atoms with Gasteiger partial charge in [-0.3, -0.25) is 0 Å². The van der Waals surface area contributed by atoms with E-state index in [0.29, 0.717) is 18.4 Å². The van der Waals surface area contributed by atoms with Crippen LogP contribution >= 0.6 is 0 Å². The minimum atomic E-state index is -0.548. The van der Waals surface area contributed by atoms with Gasteiger partial charge in [0.25, 0.3) is 0 Å². The first kappa shape index (κ1) is 22.0. The fourth-order valence-electron chi connectivity index (χ4n) is 3.63. The van der Waals surface area contributed by atoms with E-state index in [1.54, 1.807) is 19.6 Å². The maximum absolute atomic E-state index is 9.95. The summed E-state index contributed by atoms with van der Waals surface area (Å²) < 4.78 is 5.52. The van der Waals surface area contributed by atoms with Crippen LogP contribution in [0.1, 0.15) is 38.2 Å². The highest BCUT2D eigenvalue weighted by Crippen LogP contribution is 2.35. The molecule has 1 saturated carbocycles. The second-order valence-electron chi connectivity index (χ2n) is 8.69. The number of aromatic nitrogens is 3. The van der Waals surface area contributed by atoms with Crippen LogP contribution in [0.15, 0.2) is 55.0 Å². The van der Waals surface area contributed by atoms with Gasteiger partial charge in [0.05, 0.1) is 18.4 Å². The zero-order chi connectivity index (χ0) is 22.6. The zero-order valence-electron chi connectivity index (χ0n) is 18.9. The van der Waals surface area contributed by atoms with Crippen molar-refractivity contribution in [1.29, 1.82) is 0 Å². The Kier molecular flexibility index (Phi) is 6.55. The Hall–Kier alpha value is -3.19. The average molecular weight is 434 g/mol. The number of methoxy groups -OCH3 is 1. The monoisotopic (exact) mass is 433 g/mol. The number of nitrogens with one attached hydrogen (secondary N) is 2. The fourth-order valence-corrected chi connectivity index (χ4v) is 3.63. The van der Waals surface area contributed by atoms with Gasteiger partial charge in [0.2, 0.25) is 0 Å². The van der Waals surface area contributed by atoms with Gasteiger partial charge in [-0.2, -0.15) is 0 Å². The second-order valence-corrected chi connectivity index (χ2v) is 8.69. The largest absolute Gasteiger partial charge is 0.496 e. The summed E-state index contributed by atoms with van der Waals surface area (Å²) in [5.74, 6) is 3.16. The van der Waals surface area contributed by atoms with Gasteiger partial charge in [-0.15, -0.1) is 0 Å². The number of nitrogens with zero attached hydrogens (tertiary/aromatic N) is 3. The van der Waals surface area contributed by atoms with Crippen LogP contribution in [-0.2, 0) is 0 Å². The van der Waals surface area contributed by atoms with Crippen molar-refractivity contribution in [2.45, 2.75) is 38.2 Å². The van der Waals surface area contributed by atoms with Crippen LogP contribution in [0.5, 0.6) is 5.75 Å². The summed E-state index contributed by atoms with van der Waals surface area (Å²) in [6, 6.07) is 14.0. The molecule has 168 valence electrons. The second kappa shape index (κ2) is 9.53. The molecule has 0 spiro atoms. The fraction of sp³-hybridized carbons (Fsp3) is 0.400. The molecular weight excluding hydrogens is 402 g/mol. The third-order valence-corrected chi connectivity index (χ3v) is 6.24. The molecule has 1 fully saturated rings.